The maximum Gasteiger partial charge on any atom is 0.256 e. The van der Waals surface area contributed by atoms with Crippen molar-refractivity contribution in [1.82, 2.24) is 9.88 Å². The van der Waals surface area contributed by atoms with Gasteiger partial charge in [0, 0.05) is 20.0 Å². The third-order valence-electron chi connectivity index (χ3n) is 3.03. The highest BCUT2D eigenvalue weighted by atomic mass is 19.1. The molecule has 0 fully saturated rings. The van der Waals surface area contributed by atoms with Crippen molar-refractivity contribution in [2.45, 2.75) is 20.3 Å². The second kappa shape index (κ2) is 5.86. The van der Waals surface area contributed by atoms with Crippen LogP contribution in [0.3, 0.4) is 0 Å². The Bertz CT molecular complexity index is 622. The quantitative estimate of drug-likeness (QED) is 0.862. The normalized spacial score (nSPS) is 10.6. The van der Waals surface area contributed by atoms with Gasteiger partial charge in [0.25, 0.3) is 5.91 Å². The largest absolute Gasteiger partial charge is 0.446 e. The molecule has 0 saturated carbocycles. The Kier molecular flexibility index (Phi) is 4.17. The first-order valence-corrected chi connectivity index (χ1v) is 6.40. The molecule has 1 aromatic heterocycles. The summed E-state index contributed by atoms with van der Waals surface area (Å²) in [5, 5.41) is 0. The van der Waals surface area contributed by atoms with Crippen LogP contribution >= 0.6 is 0 Å². The van der Waals surface area contributed by atoms with Gasteiger partial charge in [-0.1, -0.05) is 6.07 Å². The molecule has 0 aliphatic heterocycles. The number of hydrogen-bond donors (Lipinski definition) is 0. The molecule has 5 heteroatoms. The number of amides is 1. The van der Waals surface area contributed by atoms with Crippen LogP contribution in [0.25, 0.3) is 0 Å². The molecule has 2 aromatic rings. The van der Waals surface area contributed by atoms with Gasteiger partial charge in [-0.2, -0.15) is 0 Å². The molecule has 0 spiro atoms. The highest BCUT2D eigenvalue weighted by Crippen LogP contribution is 2.12. The molecule has 0 radical (unpaired) electrons. The molecule has 1 heterocycles. The van der Waals surface area contributed by atoms with E-state index in [-0.39, 0.29) is 11.5 Å². The van der Waals surface area contributed by atoms with E-state index < -0.39 is 5.82 Å². The minimum atomic E-state index is -0.492. The molecule has 0 atom stereocenters. The highest BCUT2D eigenvalue weighted by Gasteiger charge is 2.16. The van der Waals surface area contributed by atoms with E-state index in [2.05, 4.69) is 4.98 Å². The van der Waals surface area contributed by atoms with Crippen LogP contribution in [0.4, 0.5) is 4.39 Å². The Morgan fingerprint density at radius 3 is 2.75 bits per heavy atom. The lowest BCUT2D eigenvalue weighted by Gasteiger charge is -2.16. The summed E-state index contributed by atoms with van der Waals surface area (Å²) in [6.07, 6.45) is 2.14. The zero-order valence-electron chi connectivity index (χ0n) is 11.8. The van der Waals surface area contributed by atoms with Crippen molar-refractivity contribution in [3.8, 4) is 0 Å². The molecule has 1 aromatic carbocycles. The number of halogens is 1. The number of likely N-dealkylation sites (N-methyl/N-ethyl adjacent to an activating group) is 1. The first-order chi connectivity index (χ1) is 9.47. The van der Waals surface area contributed by atoms with Crippen molar-refractivity contribution in [1.29, 1.82) is 0 Å². The molecule has 2 rings (SSSR count). The van der Waals surface area contributed by atoms with E-state index in [1.54, 1.807) is 26.2 Å². The molecule has 0 bridgehead atoms. The number of carbonyl (C=O) groups is 1. The number of oxazole rings is 1. The molecule has 1 amide bonds. The first-order valence-electron chi connectivity index (χ1n) is 6.40. The van der Waals surface area contributed by atoms with Crippen molar-refractivity contribution < 1.29 is 13.6 Å². The van der Waals surface area contributed by atoms with Crippen LogP contribution in [0.2, 0.25) is 0 Å². The molecular formula is C15H17FN2O2. The van der Waals surface area contributed by atoms with Crippen molar-refractivity contribution in [2.75, 3.05) is 13.6 Å². The fourth-order valence-electron chi connectivity index (χ4n) is 1.88. The summed E-state index contributed by atoms with van der Waals surface area (Å²) >= 11 is 0. The summed E-state index contributed by atoms with van der Waals surface area (Å²) in [7, 11) is 1.64. The van der Waals surface area contributed by atoms with Gasteiger partial charge in [0.05, 0.1) is 11.8 Å². The zero-order chi connectivity index (χ0) is 14.7. The Balaban J connectivity index is 2.01. The van der Waals surface area contributed by atoms with Crippen LogP contribution in [0, 0.1) is 19.7 Å². The number of carbonyl (C=O) groups excluding carboxylic acids is 1. The van der Waals surface area contributed by atoms with Gasteiger partial charge in [-0.3, -0.25) is 4.79 Å². The predicted molar refractivity (Wildman–Crippen MR) is 73.0 cm³/mol. The van der Waals surface area contributed by atoms with Gasteiger partial charge < -0.3 is 9.32 Å². The second-order valence-corrected chi connectivity index (χ2v) is 4.82. The monoisotopic (exact) mass is 276 g/mol. The second-order valence-electron chi connectivity index (χ2n) is 4.82. The third-order valence-corrected chi connectivity index (χ3v) is 3.03. The van der Waals surface area contributed by atoms with Crippen LogP contribution in [0.15, 0.2) is 28.8 Å². The molecule has 0 N–H and O–H groups in total. The van der Waals surface area contributed by atoms with Crippen molar-refractivity contribution in [2.24, 2.45) is 0 Å². The third kappa shape index (κ3) is 3.23. The number of nitrogens with zero attached hydrogens (tertiary/aromatic N) is 2. The highest BCUT2D eigenvalue weighted by molar-refractivity contribution is 5.94. The van der Waals surface area contributed by atoms with Gasteiger partial charge >= 0.3 is 0 Å². The lowest BCUT2D eigenvalue weighted by molar-refractivity contribution is 0.0790. The Hall–Kier alpha value is -2.17. The van der Waals surface area contributed by atoms with E-state index in [4.69, 9.17) is 4.42 Å². The summed E-state index contributed by atoms with van der Waals surface area (Å²) < 4.78 is 19.1. The Labute approximate surface area is 117 Å². The van der Waals surface area contributed by atoms with E-state index in [1.165, 1.54) is 17.0 Å². The van der Waals surface area contributed by atoms with Crippen molar-refractivity contribution in [3.63, 3.8) is 0 Å². The van der Waals surface area contributed by atoms with Crippen LogP contribution in [-0.4, -0.2) is 29.4 Å². The SMILES string of the molecule is Cc1ccc(C(=O)N(C)CCc2ncc(C)o2)c(F)c1. The number of rotatable bonds is 4. The van der Waals surface area contributed by atoms with E-state index in [0.717, 1.165) is 11.3 Å². The number of aromatic nitrogens is 1. The van der Waals surface area contributed by atoms with E-state index in [9.17, 15) is 9.18 Å². The van der Waals surface area contributed by atoms with Crippen molar-refractivity contribution in [3.05, 3.63) is 53.0 Å². The van der Waals surface area contributed by atoms with Crippen LogP contribution < -0.4 is 0 Å². The standard InChI is InChI=1S/C15H17FN2O2/c1-10-4-5-12(13(16)8-10)15(19)18(3)7-6-14-17-9-11(2)20-14/h4-5,8-9H,6-7H2,1-3H3. The van der Waals surface area contributed by atoms with Gasteiger partial charge in [-0.25, -0.2) is 9.37 Å². The number of aryl methyl sites for hydroxylation is 2. The summed E-state index contributed by atoms with van der Waals surface area (Å²) in [5.74, 6) is 0.477. The maximum absolute atomic E-state index is 13.7. The molecule has 4 nitrogen and oxygen atoms in total. The minimum absolute atomic E-state index is 0.0849. The first kappa shape index (κ1) is 14.2. The fraction of sp³-hybridized carbons (Fsp3) is 0.333. The van der Waals surface area contributed by atoms with Crippen molar-refractivity contribution >= 4 is 5.91 Å². The van der Waals surface area contributed by atoms with Gasteiger partial charge in [0.1, 0.15) is 11.6 Å². The van der Waals surface area contributed by atoms with E-state index in [1.807, 2.05) is 6.92 Å². The van der Waals surface area contributed by atoms with Gasteiger partial charge in [0.15, 0.2) is 5.89 Å². The molecule has 0 unspecified atom stereocenters. The fourth-order valence-corrected chi connectivity index (χ4v) is 1.88. The minimum Gasteiger partial charge on any atom is -0.446 e. The van der Waals surface area contributed by atoms with Crippen LogP contribution in [0.1, 0.15) is 27.6 Å². The predicted octanol–water partition coefficient (Wildman–Crippen LogP) is 2.75. The zero-order valence-corrected chi connectivity index (χ0v) is 11.8. The summed E-state index contributed by atoms with van der Waals surface area (Å²) in [5.41, 5.74) is 0.874. The number of benzene rings is 1. The van der Waals surface area contributed by atoms with Crippen LogP contribution in [0.5, 0.6) is 0 Å². The Morgan fingerprint density at radius 1 is 1.40 bits per heavy atom. The van der Waals surface area contributed by atoms with Crippen LogP contribution in [-0.2, 0) is 6.42 Å². The van der Waals surface area contributed by atoms with Gasteiger partial charge in [0.2, 0.25) is 0 Å². The lowest BCUT2D eigenvalue weighted by atomic mass is 10.1. The molecular weight excluding hydrogens is 259 g/mol. The van der Waals surface area contributed by atoms with Gasteiger partial charge in [-0.15, -0.1) is 0 Å². The summed E-state index contributed by atoms with van der Waals surface area (Å²) in [6, 6.07) is 4.60. The Morgan fingerprint density at radius 2 is 2.15 bits per heavy atom. The van der Waals surface area contributed by atoms with E-state index in [0.29, 0.717) is 18.9 Å². The molecule has 0 aliphatic carbocycles. The summed E-state index contributed by atoms with van der Waals surface area (Å²) in [6.45, 7) is 4.02. The van der Waals surface area contributed by atoms with E-state index >= 15 is 0 Å². The molecule has 0 saturated heterocycles. The smallest absolute Gasteiger partial charge is 0.256 e. The van der Waals surface area contributed by atoms with Gasteiger partial charge in [-0.05, 0) is 31.5 Å². The average Bonchev–Trinajstić information content (AvgIpc) is 2.81. The molecule has 0 aliphatic rings. The average molecular weight is 276 g/mol. The summed E-state index contributed by atoms with van der Waals surface area (Å²) in [4.78, 5) is 17.7. The lowest BCUT2D eigenvalue weighted by Crippen LogP contribution is -2.29. The molecule has 106 valence electrons. The topological polar surface area (TPSA) is 46.3 Å². The maximum atomic E-state index is 13.7. The number of hydrogen-bond acceptors (Lipinski definition) is 3. The molecule has 20 heavy (non-hydrogen) atoms.